The monoisotopic (exact) mass is 331 g/mol. The van der Waals surface area contributed by atoms with Gasteiger partial charge in [0.2, 0.25) is 0 Å². The number of hydrogen-bond acceptors (Lipinski definition) is 4. The predicted octanol–water partition coefficient (Wildman–Crippen LogP) is 1.71. The first kappa shape index (κ1) is 15.6. The number of carbonyl (C=O) groups is 1. The number of hydrogen-bond donors (Lipinski definition) is 1. The molecular weight excluding hydrogens is 306 g/mol. The van der Waals surface area contributed by atoms with Gasteiger partial charge in [-0.15, -0.1) is 0 Å². The molecule has 0 aromatic heterocycles. The Morgan fingerprint density at radius 1 is 1.17 bits per heavy atom. The number of para-hydroxylation sites is 2. The summed E-state index contributed by atoms with van der Waals surface area (Å²) in [5, 5.41) is 2.96. The minimum Gasteiger partial charge on any atom is -0.486 e. The zero-order valence-electron chi connectivity index (χ0n) is 13.9. The number of nitrogens with zero attached hydrogens (tertiary/aromatic N) is 2. The van der Waals surface area contributed by atoms with Gasteiger partial charge in [-0.25, -0.2) is 4.79 Å². The van der Waals surface area contributed by atoms with E-state index in [-0.39, 0.29) is 12.1 Å². The van der Waals surface area contributed by atoms with E-state index in [1.807, 2.05) is 29.2 Å². The van der Waals surface area contributed by atoms with Gasteiger partial charge < -0.3 is 19.7 Å². The summed E-state index contributed by atoms with van der Waals surface area (Å²) in [6.07, 6.45) is 3.31. The van der Waals surface area contributed by atoms with Crippen LogP contribution in [0.3, 0.4) is 0 Å². The summed E-state index contributed by atoms with van der Waals surface area (Å²) in [4.78, 5) is 16.5. The minimum absolute atomic E-state index is 0.0498. The standard InChI is InChI=1S/C18H25N3O3/c22-18-19-8-4-10-21(18)14-5-3-9-20(11-14)12-15-13-23-16-6-1-2-7-17(16)24-15/h1-2,6-7,14-15H,3-5,8-13H2,(H,19,22). The van der Waals surface area contributed by atoms with E-state index in [1.54, 1.807) is 0 Å². The van der Waals surface area contributed by atoms with E-state index in [4.69, 9.17) is 9.47 Å². The first-order valence-electron chi connectivity index (χ1n) is 8.95. The summed E-state index contributed by atoms with van der Waals surface area (Å²) in [6.45, 7) is 5.10. The molecule has 24 heavy (non-hydrogen) atoms. The molecule has 1 aromatic rings. The SMILES string of the molecule is O=C1NCCCN1C1CCCN(CC2COc3ccccc3O2)C1. The molecule has 2 fully saturated rings. The summed E-state index contributed by atoms with van der Waals surface area (Å²) >= 11 is 0. The molecule has 0 bridgehead atoms. The smallest absolute Gasteiger partial charge is 0.317 e. The Balaban J connectivity index is 1.34. The number of nitrogens with one attached hydrogen (secondary N) is 1. The Morgan fingerprint density at radius 3 is 2.92 bits per heavy atom. The molecule has 0 spiro atoms. The molecule has 2 amide bonds. The maximum Gasteiger partial charge on any atom is 0.317 e. The largest absolute Gasteiger partial charge is 0.486 e. The van der Waals surface area contributed by atoms with Crippen molar-refractivity contribution >= 4 is 6.03 Å². The van der Waals surface area contributed by atoms with Crippen molar-refractivity contribution in [2.75, 3.05) is 39.3 Å². The van der Waals surface area contributed by atoms with Gasteiger partial charge in [-0.3, -0.25) is 4.90 Å². The molecule has 6 nitrogen and oxygen atoms in total. The van der Waals surface area contributed by atoms with E-state index in [1.165, 1.54) is 0 Å². The van der Waals surface area contributed by atoms with Crippen LogP contribution in [-0.4, -0.2) is 67.3 Å². The van der Waals surface area contributed by atoms with E-state index < -0.39 is 0 Å². The molecule has 2 unspecified atom stereocenters. The van der Waals surface area contributed by atoms with Crippen LogP contribution in [0.2, 0.25) is 0 Å². The average molecular weight is 331 g/mol. The lowest BCUT2D eigenvalue weighted by atomic mass is 10.0. The lowest BCUT2D eigenvalue weighted by Crippen LogP contribution is -2.57. The number of piperidine rings is 1. The Morgan fingerprint density at radius 2 is 2.04 bits per heavy atom. The first-order chi connectivity index (χ1) is 11.8. The third-order valence-electron chi connectivity index (χ3n) is 5.06. The van der Waals surface area contributed by atoms with Crippen LogP contribution >= 0.6 is 0 Å². The van der Waals surface area contributed by atoms with E-state index in [2.05, 4.69) is 10.2 Å². The summed E-state index contributed by atoms with van der Waals surface area (Å²) in [5.41, 5.74) is 0. The highest BCUT2D eigenvalue weighted by molar-refractivity contribution is 5.75. The Bertz CT molecular complexity index is 595. The highest BCUT2D eigenvalue weighted by Gasteiger charge is 2.32. The van der Waals surface area contributed by atoms with Gasteiger partial charge in [0.25, 0.3) is 0 Å². The second kappa shape index (κ2) is 6.89. The summed E-state index contributed by atoms with van der Waals surface area (Å²) in [5.74, 6) is 1.66. The quantitative estimate of drug-likeness (QED) is 0.916. The van der Waals surface area contributed by atoms with Crippen LogP contribution < -0.4 is 14.8 Å². The normalized spacial score (nSPS) is 27.7. The van der Waals surface area contributed by atoms with Gasteiger partial charge in [0.15, 0.2) is 11.5 Å². The molecule has 0 aliphatic carbocycles. The van der Waals surface area contributed by atoms with Crippen molar-refractivity contribution in [1.82, 2.24) is 15.1 Å². The number of benzene rings is 1. The first-order valence-corrected chi connectivity index (χ1v) is 8.95. The second-order valence-corrected chi connectivity index (χ2v) is 6.83. The summed E-state index contributed by atoms with van der Waals surface area (Å²) in [6, 6.07) is 8.24. The number of ether oxygens (including phenoxy) is 2. The highest BCUT2D eigenvalue weighted by Crippen LogP contribution is 2.31. The topological polar surface area (TPSA) is 54.0 Å². The average Bonchev–Trinajstić information content (AvgIpc) is 2.62. The molecule has 2 saturated heterocycles. The third-order valence-corrected chi connectivity index (χ3v) is 5.06. The second-order valence-electron chi connectivity index (χ2n) is 6.83. The van der Waals surface area contributed by atoms with Crippen molar-refractivity contribution < 1.29 is 14.3 Å². The van der Waals surface area contributed by atoms with E-state index >= 15 is 0 Å². The van der Waals surface area contributed by atoms with Gasteiger partial charge in [-0.05, 0) is 37.9 Å². The molecule has 3 heterocycles. The number of likely N-dealkylation sites (tertiary alicyclic amines) is 1. The molecule has 0 saturated carbocycles. The molecule has 4 rings (SSSR count). The Labute approximate surface area is 142 Å². The van der Waals surface area contributed by atoms with Crippen molar-refractivity contribution in [3.8, 4) is 11.5 Å². The molecule has 2 atom stereocenters. The minimum atomic E-state index is 0.0498. The number of carbonyl (C=O) groups excluding carboxylic acids is 1. The van der Waals surface area contributed by atoms with Crippen LogP contribution in [0.25, 0.3) is 0 Å². The number of amides is 2. The van der Waals surface area contributed by atoms with Crippen molar-refractivity contribution in [3.63, 3.8) is 0 Å². The fourth-order valence-corrected chi connectivity index (χ4v) is 3.89. The predicted molar refractivity (Wildman–Crippen MR) is 90.5 cm³/mol. The van der Waals surface area contributed by atoms with Gasteiger partial charge in [-0.1, -0.05) is 12.1 Å². The zero-order valence-corrected chi connectivity index (χ0v) is 13.9. The number of rotatable bonds is 3. The molecule has 3 aliphatic rings. The highest BCUT2D eigenvalue weighted by atomic mass is 16.6. The lowest BCUT2D eigenvalue weighted by molar-refractivity contribution is 0.0368. The number of fused-ring (bicyclic) bond motifs is 1. The Hall–Kier alpha value is -1.95. The third kappa shape index (κ3) is 3.29. The van der Waals surface area contributed by atoms with Gasteiger partial charge in [-0.2, -0.15) is 0 Å². The van der Waals surface area contributed by atoms with Crippen LogP contribution in [0.15, 0.2) is 24.3 Å². The van der Waals surface area contributed by atoms with Gasteiger partial charge >= 0.3 is 6.03 Å². The molecule has 0 radical (unpaired) electrons. The molecule has 3 aliphatic heterocycles. The van der Waals surface area contributed by atoms with E-state index in [0.29, 0.717) is 12.6 Å². The van der Waals surface area contributed by atoms with Crippen molar-refractivity contribution in [1.29, 1.82) is 0 Å². The lowest BCUT2D eigenvalue weighted by Gasteiger charge is -2.42. The van der Waals surface area contributed by atoms with Gasteiger partial charge in [0, 0.05) is 32.2 Å². The van der Waals surface area contributed by atoms with Crippen LogP contribution in [-0.2, 0) is 0 Å². The van der Waals surface area contributed by atoms with E-state index in [9.17, 15) is 4.79 Å². The van der Waals surface area contributed by atoms with Crippen molar-refractivity contribution in [3.05, 3.63) is 24.3 Å². The molecule has 6 heteroatoms. The van der Waals surface area contributed by atoms with Crippen LogP contribution in [0.1, 0.15) is 19.3 Å². The van der Waals surface area contributed by atoms with Gasteiger partial charge in [0.1, 0.15) is 12.7 Å². The molecule has 130 valence electrons. The maximum absolute atomic E-state index is 12.1. The van der Waals surface area contributed by atoms with Gasteiger partial charge in [0.05, 0.1) is 0 Å². The molecule has 1 aromatic carbocycles. The molecule has 1 N–H and O–H groups in total. The van der Waals surface area contributed by atoms with Crippen molar-refractivity contribution in [2.45, 2.75) is 31.4 Å². The molecular formula is C18H25N3O3. The van der Waals surface area contributed by atoms with Crippen LogP contribution in [0.5, 0.6) is 11.5 Å². The van der Waals surface area contributed by atoms with E-state index in [0.717, 1.165) is 63.5 Å². The van der Waals surface area contributed by atoms with Crippen LogP contribution in [0, 0.1) is 0 Å². The fourth-order valence-electron chi connectivity index (χ4n) is 3.89. The fraction of sp³-hybridized carbons (Fsp3) is 0.611. The summed E-state index contributed by atoms with van der Waals surface area (Å²) < 4.78 is 11.9. The maximum atomic E-state index is 12.1. The summed E-state index contributed by atoms with van der Waals surface area (Å²) in [7, 11) is 0. The zero-order chi connectivity index (χ0) is 16.4. The van der Waals surface area contributed by atoms with Crippen molar-refractivity contribution in [2.24, 2.45) is 0 Å². The number of urea groups is 1. The Kier molecular flexibility index (Phi) is 4.47. The van der Waals surface area contributed by atoms with Crippen LogP contribution in [0.4, 0.5) is 4.79 Å².